The highest BCUT2D eigenvalue weighted by atomic mass is 32.2. The van der Waals surface area contributed by atoms with Gasteiger partial charge >= 0.3 is 0 Å². The number of nitrogens with zero attached hydrogens (tertiary/aromatic N) is 6. The SMILES string of the molecule is C=COCCSc1nnc(-n2nnc3ccccc32)n1-c1ccccc1. The number of hydrogen-bond donors (Lipinski definition) is 0. The maximum absolute atomic E-state index is 5.20. The zero-order chi connectivity index (χ0) is 17.8. The molecule has 0 spiro atoms. The fraction of sp³-hybridized carbons (Fsp3) is 0.111. The molecule has 4 rings (SSSR count). The predicted molar refractivity (Wildman–Crippen MR) is 101 cm³/mol. The third-order valence-electron chi connectivity index (χ3n) is 3.72. The molecule has 7 nitrogen and oxygen atoms in total. The molecule has 0 radical (unpaired) electrons. The minimum atomic E-state index is 0.553. The van der Waals surface area contributed by atoms with Crippen LogP contribution in [0.15, 0.2) is 72.6 Å². The smallest absolute Gasteiger partial charge is 0.259 e. The van der Waals surface area contributed by atoms with Crippen LogP contribution in [0.3, 0.4) is 0 Å². The van der Waals surface area contributed by atoms with Crippen LogP contribution >= 0.6 is 11.8 Å². The first kappa shape index (κ1) is 16.3. The highest BCUT2D eigenvalue weighted by Crippen LogP contribution is 2.25. The fourth-order valence-corrected chi connectivity index (χ4v) is 3.35. The van der Waals surface area contributed by atoms with Gasteiger partial charge in [-0.3, -0.25) is 4.57 Å². The third-order valence-corrected chi connectivity index (χ3v) is 4.62. The van der Waals surface area contributed by atoms with E-state index in [0.29, 0.717) is 12.6 Å². The topological polar surface area (TPSA) is 70.7 Å². The van der Waals surface area contributed by atoms with E-state index in [1.54, 1.807) is 16.4 Å². The van der Waals surface area contributed by atoms with Crippen LogP contribution in [0.25, 0.3) is 22.7 Å². The van der Waals surface area contributed by atoms with E-state index < -0.39 is 0 Å². The molecular weight excluding hydrogens is 348 g/mol. The van der Waals surface area contributed by atoms with E-state index in [1.165, 1.54) is 6.26 Å². The van der Waals surface area contributed by atoms with Crippen molar-refractivity contribution in [3.8, 4) is 11.6 Å². The summed E-state index contributed by atoms with van der Waals surface area (Å²) in [5.74, 6) is 1.33. The molecular formula is C18H16N6OS. The average molecular weight is 364 g/mol. The molecule has 0 aliphatic heterocycles. The van der Waals surface area contributed by atoms with Crippen molar-refractivity contribution in [3.05, 3.63) is 67.4 Å². The molecule has 0 bridgehead atoms. The molecule has 8 heteroatoms. The van der Waals surface area contributed by atoms with E-state index >= 15 is 0 Å². The first-order chi connectivity index (χ1) is 12.9. The van der Waals surface area contributed by atoms with Crippen molar-refractivity contribution >= 4 is 22.8 Å². The molecule has 0 fully saturated rings. The minimum Gasteiger partial charge on any atom is -0.501 e. The van der Waals surface area contributed by atoms with Gasteiger partial charge < -0.3 is 4.74 Å². The van der Waals surface area contributed by atoms with Gasteiger partial charge in [-0.05, 0) is 24.3 Å². The van der Waals surface area contributed by atoms with Crippen molar-refractivity contribution in [1.82, 2.24) is 29.8 Å². The van der Waals surface area contributed by atoms with Crippen LogP contribution < -0.4 is 0 Å². The van der Waals surface area contributed by atoms with E-state index in [2.05, 4.69) is 27.1 Å². The zero-order valence-corrected chi connectivity index (χ0v) is 14.7. The second kappa shape index (κ2) is 7.40. The predicted octanol–water partition coefficient (Wildman–Crippen LogP) is 3.25. The van der Waals surface area contributed by atoms with Crippen molar-refractivity contribution < 1.29 is 4.74 Å². The first-order valence-corrected chi connectivity index (χ1v) is 9.04. The Bertz CT molecular complexity index is 1030. The maximum Gasteiger partial charge on any atom is 0.259 e. The Labute approximate surface area is 154 Å². The van der Waals surface area contributed by atoms with E-state index in [-0.39, 0.29) is 0 Å². The summed E-state index contributed by atoms with van der Waals surface area (Å²) in [5, 5.41) is 18.0. The molecule has 0 atom stereocenters. The van der Waals surface area contributed by atoms with Gasteiger partial charge in [0.05, 0.1) is 24.1 Å². The van der Waals surface area contributed by atoms with Crippen molar-refractivity contribution in [2.45, 2.75) is 5.16 Å². The van der Waals surface area contributed by atoms with Gasteiger partial charge in [-0.1, -0.05) is 53.9 Å². The zero-order valence-electron chi connectivity index (χ0n) is 13.9. The average Bonchev–Trinajstić information content (AvgIpc) is 3.30. The third kappa shape index (κ3) is 3.06. The van der Waals surface area contributed by atoms with Crippen LogP contribution in [0.1, 0.15) is 0 Å². The summed E-state index contributed by atoms with van der Waals surface area (Å²) in [6, 6.07) is 17.7. The maximum atomic E-state index is 5.20. The van der Waals surface area contributed by atoms with Crippen LogP contribution in [-0.4, -0.2) is 42.1 Å². The highest BCUT2D eigenvalue weighted by Gasteiger charge is 2.18. The molecule has 4 aromatic rings. The monoisotopic (exact) mass is 364 g/mol. The van der Waals surface area contributed by atoms with Crippen molar-refractivity contribution in [2.75, 3.05) is 12.4 Å². The number of hydrogen-bond acceptors (Lipinski definition) is 6. The Hall–Kier alpha value is -3.13. The summed E-state index contributed by atoms with van der Waals surface area (Å²) in [5.41, 5.74) is 2.64. The van der Waals surface area contributed by atoms with Gasteiger partial charge in [-0.25, -0.2) is 0 Å². The fourth-order valence-electron chi connectivity index (χ4n) is 2.58. The molecule has 0 N–H and O–H groups in total. The van der Waals surface area contributed by atoms with E-state index in [0.717, 1.165) is 27.6 Å². The number of rotatable bonds is 7. The number of fused-ring (bicyclic) bond motifs is 1. The van der Waals surface area contributed by atoms with Crippen LogP contribution in [-0.2, 0) is 4.74 Å². The molecule has 2 aromatic carbocycles. The summed E-state index contributed by atoms with van der Waals surface area (Å²) in [4.78, 5) is 0. The van der Waals surface area contributed by atoms with Crippen LogP contribution in [0.2, 0.25) is 0 Å². The normalized spacial score (nSPS) is 10.9. The summed E-state index contributed by atoms with van der Waals surface area (Å²) in [6.07, 6.45) is 1.44. The van der Waals surface area contributed by atoms with Crippen molar-refractivity contribution in [1.29, 1.82) is 0 Å². The Morgan fingerprint density at radius 1 is 1.00 bits per heavy atom. The molecule has 0 amide bonds. The van der Waals surface area contributed by atoms with Gasteiger partial charge in [0.2, 0.25) is 0 Å². The lowest BCUT2D eigenvalue weighted by Gasteiger charge is -2.10. The van der Waals surface area contributed by atoms with Crippen LogP contribution in [0.4, 0.5) is 0 Å². The molecule has 130 valence electrons. The van der Waals surface area contributed by atoms with Gasteiger partial charge in [-0.2, -0.15) is 4.68 Å². The lowest BCUT2D eigenvalue weighted by Crippen LogP contribution is -2.08. The second-order valence-corrected chi connectivity index (χ2v) is 6.39. The Morgan fingerprint density at radius 2 is 1.81 bits per heavy atom. The van der Waals surface area contributed by atoms with Gasteiger partial charge in [0.25, 0.3) is 5.95 Å². The van der Waals surface area contributed by atoms with Gasteiger partial charge in [0, 0.05) is 5.75 Å². The van der Waals surface area contributed by atoms with Crippen molar-refractivity contribution in [2.24, 2.45) is 0 Å². The number of thioether (sulfide) groups is 1. The standard InChI is InChI=1S/C18H16N6OS/c1-2-25-12-13-26-18-21-20-17(23(18)14-8-4-3-5-9-14)24-16-11-7-6-10-15(16)19-22-24/h2-11H,1,12-13H2. The number of benzene rings is 2. The summed E-state index contributed by atoms with van der Waals surface area (Å²) in [6.45, 7) is 4.11. The summed E-state index contributed by atoms with van der Waals surface area (Å²) < 4.78 is 8.88. The molecule has 0 unspecified atom stereocenters. The molecule has 0 saturated heterocycles. The molecule has 2 aromatic heterocycles. The van der Waals surface area contributed by atoms with Gasteiger partial charge in [-0.15, -0.1) is 15.3 Å². The minimum absolute atomic E-state index is 0.553. The van der Waals surface area contributed by atoms with Crippen LogP contribution in [0.5, 0.6) is 0 Å². The first-order valence-electron chi connectivity index (χ1n) is 8.05. The summed E-state index contributed by atoms with van der Waals surface area (Å²) >= 11 is 1.56. The van der Waals surface area contributed by atoms with Crippen LogP contribution in [0, 0.1) is 0 Å². The number of ether oxygens (including phenoxy) is 1. The van der Waals surface area contributed by atoms with E-state index in [9.17, 15) is 0 Å². The highest BCUT2D eigenvalue weighted by molar-refractivity contribution is 7.99. The quantitative estimate of drug-likeness (QED) is 0.285. The lowest BCUT2D eigenvalue weighted by atomic mass is 10.3. The van der Waals surface area contributed by atoms with E-state index in [4.69, 9.17) is 4.74 Å². The van der Waals surface area contributed by atoms with Gasteiger partial charge in [0.15, 0.2) is 5.16 Å². The van der Waals surface area contributed by atoms with E-state index in [1.807, 2.05) is 59.2 Å². The molecule has 0 aliphatic rings. The summed E-state index contributed by atoms with van der Waals surface area (Å²) in [7, 11) is 0. The Morgan fingerprint density at radius 3 is 2.65 bits per heavy atom. The Balaban J connectivity index is 1.79. The molecule has 2 heterocycles. The molecule has 0 saturated carbocycles. The largest absolute Gasteiger partial charge is 0.501 e. The number of aromatic nitrogens is 6. The second-order valence-electron chi connectivity index (χ2n) is 5.33. The molecule has 26 heavy (non-hydrogen) atoms. The Kier molecular flexibility index (Phi) is 4.65. The van der Waals surface area contributed by atoms with Gasteiger partial charge in [0.1, 0.15) is 5.52 Å². The lowest BCUT2D eigenvalue weighted by molar-refractivity contribution is 0.274. The molecule has 0 aliphatic carbocycles. The van der Waals surface area contributed by atoms with Crippen molar-refractivity contribution in [3.63, 3.8) is 0 Å². The number of para-hydroxylation sites is 2.